The second-order valence-corrected chi connectivity index (χ2v) is 6.40. The van der Waals surface area contributed by atoms with Gasteiger partial charge < -0.3 is 9.72 Å². The number of rotatable bonds is 3. The number of ether oxygens (including phenoxy) is 1. The van der Waals surface area contributed by atoms with Crippen molar-refractivity contribution < 1.29 is 4.74 Å². The van der Waals surface area contributed by atoms with Crippen molar-refractivity contribution >= 4 is 11.3 Å². The summed E-state index contributed by atoms with van der Waals surface area (Å²) in [7, 11) is 0. The van der Waals surface area contributed by atoms with E-state index in [1.165, 1.54) is 9.75 Å². The summed E-state index contributed by atoms with van der Waals surface area (Å²) < 4.78 is 5.62. The van der Waals surface area contributed by atoms with Crippen LogP contribution >= 0.6 is 11.3 Å². The molecule has 0 bridgehead atoms. The van der Waals surface area contributed by atoms with E-state index < -0.39 is 0 Å². The number of hydrogen-bond donors (Lipinski definition) is 1. The predicted molar refractivity (Wildman–Crippen MR) is 76.4 cm³/mol. The summed E-state index contributed by atoms with van der Waals surface area (Å²) in [5.74, 6) is 1.02. The quantitative estimate of drug-likeness (QED) is 0.937. The number of aryl methyl sites for hydroxylation is 2. The molecule has 0 amide bonds. The van der Waals surface area contributed by atoms with Gasteiger partial charge in [0.1, 0.15) is 5.82 Å². The average molecular weight is 277 g/mol. The second-order valence-electron chi connectivity index (χ2n) is 5.02. The molecule has 1 saturated heterocycles. The molecule has 19 heavy (non-hydrogen) atoms. The monoisotopic (exact) mass is 277 g/mol. The molecule has 1 aliphatic rings. The van der Waals surface area contributed by atoms with Gasteiger partial charge in [0.25, 0.3) is 0 Å². The molecule has 0 spiro atoms. The van der Waals surface area contributed by atoms with Crippen LogP contribution in [0.2, 0.25) is 0 Å². The number of thiophene rings is 1. The minimum Gasteiger partial charge on any atom is -0.378 e. The van der Waals surface area contributed by atoms with Crippen LogP contribution in [-0.4, -0.2) is 34.6 Å². The molecule has 2 aromatic rings. The fourth-order valence-corrected chi connectivity index (χ4v) is 3.37. The lowest BCUT2D eigenvalue weighted by atomic mass is 10.2. The maximum atomic E-state index is 5.62. The number of aromatic amines is 1. The summed E-state index contributed by atoms with van der Waals surface area (Å²) in [6.45, 7) is 7.65. The largest absolute Gasteiger partial charge is 0.378 e. The lowest BCUT2D eigenvalue weighted by Gasteiger charge is -2.34. The third kappa shape index (κ3) is 2.88. The average Bonchev–Trinajstić information content (AvgIpc) is 2.99. The van der Waals surface area contributed by atoms with Gasteiger partial charge in [0.2, 0.25) is 0 Å². The van der Waals surface area contributed by atoms with E-state index in [2.05, 4.69) is 33.9 Å². The van der Waals surface area contributed by atoms with Crippen molar-refractivity contribution in [3.63, 3.8) is 0 Å². The Morgan fingerprint density at radius 1 is 1.47 bits per heavy atom. The number of nitrogens with one attached hydrogen (secondary N) is 1. The maximum absolute atomic E-state index is 5.62. The van der Waals surface area contributed by atoms with E-state index in [1.807, 2.05) is 24.5 Å². The first-order valence-electron chi connectivity index (χ1n) is 6.61. The molecule has 0 aromatic carbocycles. The summed E-state index contributed by atoms with van der Waals surface area (Å²) in [5.41, 5.74) is 1.10. The fourth-order valence-electron chi connectivity index (χ4n) is 2.45. The molecule has 1 aliphatic heterocycles. The number of aromatic nitrogens is 2. The minimum absolute atomic E-state index is 0.241. The molecule has 1 fully saturated rings. The van der Waals surface area contributed by atoms with Gasteiger partial charge in [-0.25, -0.2) is 4.98 Å². The zero-order valence-corrected chi connectivity index (χ0v) is 12.2. The molecule has 0 radical (unpaired) electrons. The van der Waals surface area contributed by atoms with Crippen LogP contribution in [0.5, 0.6) is 0 Å². The van der Waals surface area contributed by atoms with Gasteiger partial charge in [-0.15, -0.1) is 11.3 Å². The van der Waals surface area contributed by atoms with Crippen LogP contribution in [0, 0.1) is 13.8 Å². The van der Waals surface area contributed by atoms with Crippen LogP contribution in [0.4, 0.5) is 0 Å². The van der Waals surface area contributed by atoms with Crippen LogP contribution < -0.4 is 0 Å². The van der Waals surface area contributed by atoms with Gasteiger partial charge in [-0.2, -0.15) is 0 Å². The van der Waals surface area contributed by atoms with Crippen LogP contribution in [-0.2, 0) is 11.3 Å². The molecule has 4 nitrogen and oxygen atoms in total. The third-order valence-electron chi connectivity index (χ3n) is 3.43. The smallest absolute Gasteiger partial charge is 0.126 e. The summed E-state index contributed by atoms with van der Waals surface area (Å²) >= 11 is 1.87. The van der Waals surface area contributed by atoms with Crippen molar-refractivity contribution in [2.24, 2.45) is 0 Å². The summed E-state index contributed by atoms with van der Waals surface area (Å²) in [4.78, 5) is 13.0. The maximum Gasteiger partial charge on any atom is 0.126 e. The van der Waals surface area contributed by atoms with Crippen molar-refractivity contribution in [2.45, 2.75) is 26.4 Å². The Bertz CT molecular complexity index is 548. The normalized spacial score (nSPS) is 20.8. The van der Waals surface area contributed by atoms with Gasteiger partial charge in [-0.05, 0) is 26.0 Å². The molecule has 5 heteroatoms. The molecule has 1 atom stereocenters. The molecule has 3 heterocycles. The van der Waals surface area contributed by atoms with Crippen LogP contribution in [0.25, 0.3) is 0 Å². The lowest BCUT2D eigenvalue weighted by molar-refractivity contribution is -0.0152. The highest BCUT2D eigenvalue weighted by Crippen LogP contribution is 2.26. The van der Waals surface area contributed by atoms with Gasteiger partial charge in [-0.3, -0.25) is 4.90 Å². The number of H-pyrrole nitrogens is 1. The summed E-state index contributed by atoms with van der Waals surface area (Å²) in [6, 6.07) is 4.65. The Hall–Kier alpha value is -1.17. The molecule has 1 N–H and O–H groups in total. The van der Waals surface area contributed by atoms with Crippen LogP contribution in [0.1, 0.15) is 27.3 Å². The van der Waals surface area contributed by atoms with Gasteiger partial charge in [0.05, 0.1) is 19.3 Å². The Balaban J connectivity index is 1.77. The highest BCUT2D eigenvalue weighted by molar-refractivity contribution is 7.11. The predicted octanol–water partition coefficient (Wildman–Crippen LogP) is 2.66. The van der Waals surface area contributed by atoms with Gasteiger partial charge >= 0.3 is 0 Å². The highest BCUT2D eigenvalue weighted by Gasteiger charge is 2.27. The van der Waals surface area contributed by atoms with E-state index in [9.17, 15) is 0 Å². The molecule has 0 saturated carbocycles. The number of morpholine rings is 1. The van der Waals surface area contributed by atoms with Gasteiger partial charge in [0, 0.05) is 34.7 Å². The Morgan fingerprint density at radius 2 is 2.37 bits per heavy atom. The van der Waals surface area contributed by atoms with Crippen molar-refractivity contribution in [3.05, 3.63) is 39.6 Å². The van der Waals surface area contributed by atoms with E-state index in [-0.39, 0.29) is 6.04 Å². The van der Waals surface area contributed by atoms with Gasteiger partial charge in [-0.1, -0.05) is 0 Å². The Kier molecular flexibility index (Phi) is 3.68. The SMILES string of the molecule is Cc1cnc(C2COCCN2Cc2ccc(C)s2)[nH]1. The molecular weight excluding hydrogens is 258 g/mol. The van der Waals surface area contributed by atoms with Gasteiger partial charge in [0.15, 0.2) is 0 Å². The van der Waals surface area contributed by atoms with Crippen LogP contribution in [0.3, 0.4) is 0 Å². The summed E-state index contributed by atoms with van der Waals surface area (Å²) in [5, 5.41) is 0. The number of nitrogens with zero attached hydrogens (tertiary/aromatic N) is 2. The van der Waals surface area contributed by atoms with E-state index >= 15 is 0 Å². The molecule has 1 unspecified atom stereocenters. The van der Waals surface area contributed by atoms with Crippen LogP contribution in [0.15, 0.2) is 18.3 Å². The topological polar surface area (TPSA) is 41.1 Å². The molecule has 3 rings (SSSR count). The lowest BCUT2D eigenvalue weighted by Crippen LogP contribution is -2.39. The standard InChI is InChI=1S/C14H19N3OS/c1-10-7-15-14(16-10)13-9-18-6-5-17(13)8-12-4-3-11(2)19-12/h3-4,7,13H,5-6,8-9H2,1-2H3,(H,15,16). The van der Waals surface area contributed by atoms with E-state index in [1.54, 1.807) is 0 Å². The van der Waals surface area contributed by atoms with Crippen molar-refractivity contribution in [1.29, 1.82) is 0 Å². The first kappa shape index (κ1) is 12.8. The van der Waals surface area contributed by atoms with E-state index in [4.69, 9.17) is 4.74 Å². The molecule has 0 aliphatic carbocycles. The Labute approximate surface area is 117 Å². The third-order valence-corrected chi connectivity index (χ3v) is 4.42. The molecule has 102 valence electrons. The van der Waals surface area contributed by atoms with Crippen molar-refractivity contribution in [1.82, 2.24) is 14.9 Å². The molecule has 2 aromatic heterocycles. The highest BCUT2D eigenvalue weighted by atomic mass is 32.1. The van der Waals surface area contributed by atoms with E-state index in [0.29, 0.717) is 0 Å². The number of imidazole rings is 1. The zero-order valence-electron chi connectivity index (χ0n) is 11.3. The second kappa shape index (κ2) is 5.45. The Morgan fingerprint density at radius 3 is 3.05 bits per heavy atom. The fraction of sp³-hybridized carbons (Fsp3) is 0.500. The first-order chi connectivity index (χ1) is 9.22. The summed E-state index contributed by atoms with van der Waals surface area (Å²) in [6.07, 6.45) is 1.89. The van der Waals surface area contributed by atoms with Crippen molar-refractivity contribution in [2.75, 3.05) is 19.8 Å². The van der Waals surface area contributed by atoms with Crippen molar-refractivity contribution in [3.8, 4) is 0 Å². The number of hydrogen-bond acceptors (Lipinski definition) is 4. The van der Waals surface area contributed by atoms with E-state index in [0.717, 1.165) is 37.8 Å². The zero-order chi connectivity index (χ0) is 13.2. The first-order valence-corrected chi connectivity index (χ1v) is 7.42. The molecular formula is C14H19N3OS. The minimum atomic E-state index is 0.241.